The Balaban J connectivity index is 2.10. The van der Waals surface area contributed by atoms with Gasteiger partial charge in [-0.15, -0.1) is 0 Å². The topological polar surface area (TPSA) is 26.3 Å². The van der Waals surface area contributed by atoms with E-state index >= 15 is 0 Å². The van der Waals surface area contributed by atoms with Crippen LogP contribution in [0, 0.1) is 0 Å². The van der Waals surface area contributed by atoms with Gasteiger partial charge in [0.1, 0.15) is 17.6 Å². The van der Waals surface area contributed by atoms with Crippen LogP contribution in [0.3, 0.4) is 0 Å². The van der Waals surface area contributed by atoms with Crippen molar-refractivity contribution in [3.63, 3.8) is 0 Å². The third-order valence-corrected chi connectivity index (χ3v) is 3.19. The Bertz CT molecular complexity index is 392. The highest BCUT2D eigenvalue weighted by Gasteiger charge is 2.24. The van der Waals surface area contributed by atoms with Crippen molar-refractivity contribution in [1.29, 1.82) is 0 Å². The molecular formula is C11H10BrClO2. The van der Waals surface area contributed by atoms with Gasteiger partial charge in [0.05, 0.1) is 5.02 Å². The highest BCUT2D eigenvalue weighted by Crippen LogP contribution is 2.31. The number of carbonyl (C=O) groups excluding carboxylic acids is 1. The first-order valence-electron chi connectivity index (χ1n) is 4.78. The largest absolute Gasteiger partial charge is 0.488 e. The second-order valence-electron chi connectivity index (χ2n) is 3.60. The molecule has 0 aromatic heterocycles. The summed E-state index contributed by atoms with van der Waals surface area (Å²) in [5.74, 6) is 0.914. The van der Waals surface area contributed by atoms with E-state index in [0.717, 1.165) is 10.9 Å². The molecule has 0 N–H and O–H groups in total. The van der Waals surface area contributed by atoms with Crippen molar-refractivity contribution in [2.75, 3.05) is 0 Å². The van der Waals surface area contributed by atoms with Gasteiger partial charge in [-0.25, -0.2) is 0 Å². The first-order chi connectivity index (χ1) is 7.15. The molecule has 2 rings (SSSR count). The van der Waals surface area contributed by atoms with E-state index in [4.69, 9.17) is 16.3 Å². The third kappa shape index (κ3) is 2.73. The Morgan fingerprint density at radius 3 is 2.93 bits per heavy atom. The van der Waals surface area contributed by atoms with E-state index in [1.54, 1.807) is 6.07 Å². The summed E-state index contributed by atoms with van der Waals surface area (Å²) in [4.78, 5) is 11.1. The fourth-order valence-electron chi connectivity index (χ4n) is 1.63. The lowest BCUT2D eigenvalue weighted by Gasteiger charge is -2.13. The fourth-order valence-corrected chi connectivity index (χ4v) is 2.13. The summed E-state index contributed by atoms with van der Waals surface area (Å²) in [6.07, 6.45) is 1.91. The first kappa shape index (κ1) is 11.0. The highest BCUT2D eigenvalue weighted by atomic mass is 79.9. The average Bonchev–Trinajstić information content (AvgIpc) is 2.58. The maximum absolute atomic E-state index is 11.1. The molecule has 0 saturated heterocycles. The van der Waals surface area contributed by atoms with E-state index in [0.29, 0.717) is 23.6 Å². The van der Waals surface area contributed by atoms with Crippen LogP contribution < -0.4 is 4.74 Å². The predicted octanol–water partition coefficient (Wildman–Crippen LogP) is 3.60. The minimum absolute atomic E-state index is 0.00991. The van der Waals surface area contributed by atoms with Gasteiger partial charge in [-0.3, -0.25) is 4.79 Å². The molecule has 0 amide bonds. The molecule has 0 heterocycles. The molecule has 15 heavy (non-hydrogen) atoms. The monoisotopic (exact) mass is 288 g/mol. The van der Waals surface area contributed by atoms with Crippen LogP contribution in [0.2, 0.25) is 5.02 Å². The van der Waals surface area contributed by atoms with Gasteiger partial charge in [-0.1, -0.05) is 27.5 Å². The van der Waals surface area contributed by atoms with Gasteiger partial charge in [-0.05, 0) is 24.6 Å². The van der Waals surface area contributed by atoms with E-state index < -0.39 is 0 Å². The lowest BCUT2D eigenvalue weighted by atomic mass is 10.3. The van der Waals surface area contributed by atoms with Gasteiger partial charge in [0, 0.05) is 17.3 Å². The van der Waals surface area contributed by atoms with Crippen LogP contribution in [0.25, 0.3) is 0 Å². The average molecular weight is 290 g/mol. The maximum atomic E-state index is 11.1. The van der Waals surface area contributed by atoms with E-state index in [1.165, 1.54) is 0 Å². The minimum Gasteiger partial charge on any atom is -0.488 e. The quantitative estimate of drug-likeness (QED) is 0.831. The van der Waals surface area contributed by atoms with Gasteiger partial charge < -0.3 is 4.74 Å². The Morgan fingerprint density at radius 2 is 2.27 bits per heavy atom. The van der Waals surface area contributed by atoms with Crippen molar-refractivity contribution >= 4 is 33.3 Å². The van der Waals surface area contributed by atoms with Crippen molar-refractivity contribution in [2.24, 2.45) is 0 Å². The molecular weight excluding hydrogens is 279 g/mol. The Morgan fingerprint density at radius 1 is 1.47 bits per heavy atom. The number of Topliss-reactive ketones (excluding diaryl/α,β-unsaturated/α-hetero) is 1. The fraction of sp³-hybridized carbons (Fsp3) is 0.364. The lowest BCUT2D eigenvalue weighted by Crippen LogP contribution is -2.12. The SMILES string of the molecule is O=C1CCC(Oc2cc(Br)ccc2Cl)C1. The van der Waals surface area contributed by atoms with Crippen molar-refractivity contribution in [1.82, 2.24) is 0 Å². The van der Waals surface area contributed by atoms with E-state index in [9.17, 15) is 4.79 Å². The summed E-state index contributed by atoms with van der Waals surface area (Å²) in [5.41, 5.74) is 0. The molecule has 0 aliphatic heterocycles. The molecule has 80 valence electrons. The van der Waals surface area contributed by atoms with Gasteiger partial charge >= 0.3 is 0 Å². The van der Waals surface area contributed by atoms with Crippen LogP contribution in [0.5, 0.6) is 5.75 Å². The number of benzene rings is 1. The van der Waals surface area contributed by atoms with Gasteiger partial charge in [0.2, 0.25) is 0 Å². The normalized spacial score (nSPS) is 20.7. The molecule has 2 nitrogen and oxygen atoms in total. The zero-order chi connectivity index (χ0) is 10.8. The standard InChI is InChI=1S/C11H10BrClO2/c12-7-1-4-10(13)11(5-7)15-9-3-2-8(14)6-9/h1,4-5,9H,2-3,6H2. The maximum Gasteiger partial charge on any atom is 0.139 e. The Labute approximate surface area is 102 Å². The summed E-state index contributed by atoms with van der Waals surface area (Å²) in [6, 6.07) is 5.46. The molecule has 1 aromatic carbocycles. The number of hydrogen-bond acceptors (Lipinski definition) is 2. The smallest absolute Gasteiger partial charge is 0.139 e. The molecule has 4 heteroatoms. The van der Waals surface area contributed by atoms with Crippen molar-refractivity contribution in [2.45, 2.75) is 25.4 Å². The number of halogens is 2. The minimum atomic E-state index is -0.00991. The van der Waals surface area contributed by atoms with E-state index in [1.807, 2.05) is 12.1 Å². The van der Waals surface area contributed by atoms with Crippen molar-refractivity contribution in [3.8, 4) is 5.75 Å². The lowest BCUT2D eigenvalue weighted by molar-refractivity contribution is -0.117. The number of carbonyl (C=O) groups is 1. The molecule has 1 saturated carbocycles. The molecule has 0 bridgehead atoms. The predicted molar refractivity (Wildman–Crippen MR) is 62.4 cm³/mol. The highest BCUT2D eigenvalue weighted by molar-refractivity contribution is 9.10. The molecule has 1 atom stereocenters. The third-order valence-electron chi connectivity index (χ3n) is 2.39. The number of ketones is 1. The second kappa shape index (κ2) is 4.54. The molecule has 1 unspecified atom stereocenters. The van der Waals surface area contributed by atoms with Crippen LogP contribution >= 0.6 is 27.5 Å². The van der Waals surface area contributed by atoms with Gasteiger partial charge in [-0.2, -0.15) is 0 Å². The van der Waals surface area contributed by atoms with Crippen molar-refractivity contribution < 1.29 is 9.53 Å². The summed E-state index contributed by atoms with van der Waals surface area (Å²) >= 11 is 9.33. The van der Waals surface area contributed by atoms with Crippen LogP contribution in [0.1, 0.15) is 19.3 Å². The van der Waals surface area contributed by atoms with Gasteiger partial charge in [0.15, 0.2) is 0 Å². The van der Waals surface area contributed by atoms with Crippen LogP contribution in [-0.2, 0) is 4.79 Å². The summed E-state index contributed by atoms with van der Waals surface area (Å²) in [7, 11) is 0. The number of rotatable bonds is 2. The van der Waals surface area contributed by atoms with Gasteiger partial charge in [0.25, 0.3) is 0 Å². The molecule has 1 fully saturated rings. The second-order valence-corrected chi connectivity index (χ2v) is 4.92. The molecule has 0 spiro atoms. The molecule has 0 radical (unpaired) electrons. The Kier molecular flexibility index (Phi) is 3.32. The van der Waals surface area contributed by atoms with E-state index in [-0.39, 0.29) is 11.9 Å². The number of ether oxygens (including phenoxy) is 1. The van der Waals surface area contributed by atoms with Crippen LogP contribution in [0.15, 0.2) is 22.7 Å². The molecule has 1 aliphatic carbocycles. The van der Waals surface area contributed by atoms with E-state index in [2.05, 4.69) is 15.9 Å². The zero-order valence-corrected chi connectivity index (χ0v) is 10.3. The summed E-state index contributed by atoms with van der Waals surface area (Å²) in [6.45, 7) is 0. The first-order valence-corrected chi connectivity index (χ1v) is 5.95. The van der Waals surface area contributed by atoms with Crippen LogP contribution in [-0.4, -0.2) is 11.9 Å². The summed E-state index contributed by atoms with van der Waals surface area (Å²) < 4.78 is 6.60. The number of hydrogen-bond donors (Lipinski definition) is 0. The summed E-state index contributed by atoms with van der Waals surface area (Å²) in [5, 5.41) is 0.581. The zero-order valence-electron chi connectivity index (χ0n) is 8.00. The molecule has 1 aromatic rings. The van der Waals surface area contributed by atoms with Crippen LogP contribution in [0.4, 0.5) is 0 Å². The van der Waals surface area contributed by atoms with Crippen molar-refractivity contribution in [3.05, 3.63) is 27.7 Å². The Hall–Kier alpha value is -0.540. The molecule has 1 aliphatic rings.